The minimum Gasteiger partial charge on any atom is -0.304 e. The Balaban J connectivity index is 1.81. The van der Waals surface area contributed by atoms with Crippen LogP contribution in [0.15, 0.2) is 35.4 Å². The van der Waals surface area contributed by atoms with Crippen LogP contribution in [0.25, 0.3) is 0 Å². The van der Waals surface area contributed by atoms with Gasteiger partial charge in [0.15, 0.2) is 11.6 Å². The van der Waals surface area contributed by atoms with Gasteiger partial charge in [-0.1, -0.05) is 38.1 Å². The van der Waals surface area contributed by atoms with E-state index in [1.54, 1.807) is 12.1 Å². The van der Waals surface area contributed by atoms with Crippen molar-refractivity contribution in [1.82, 2.24) is 4.90 Å². The molecule has 0 amide bonds. The average molecular weight is 311 g/mol. The molecule has 0 atom stereocenters. The van der Waals surface area contributed by atoms with Gasteiger partial charge in [0.25, 0.3) is 0 Å². The van der Waals surface area contributed by atoms with Crippen molar-refractivity contribution in [2.24, 2.45) is 5.92 Å². The van der Waals surface area contributed by atoms with E-state index in [9.17, 15) is 9.59 Å². The summed E-state index contributed by atoms with van der Waals surface area (Å²) in [5.74, 6) is 0.738. The van der Waals surface area contributed by atoms with Gasteiger partial charge in [-0.15, -0.1) is 0 Å². The molecule has 3 heteroatoms. The number of rotatable bonds is 4. The highest BCUT2D eigenvalue weighted by atomic mass is 16.1. The summed E-state index contributed by atoms with van der Waals surface area (Å²) in [7, 11) is 0. The molecule has 1 aromatic rings. The van der Waals surface area contributed by atoms with Gasteiger partial charge in [-0.05, 0) is 44.7 Å². The molecular formula is C20H25NO2. The highest BCUT2D eigenvalue weighted by Gasteiger charge is 2.33. The largest absolute Gasteiger partial charge is 0.304 e. The molecule has 2 aliphatic rings. The van der Waals surface area contributed by atoms with Gasteiger partial charge in [-0.3, -0.25) is 9.59 Å². The molecule has 0 saturated heterocycles. The van der Waals surface area contributed by atoms with E-state index in [0.29, 0.717) is 17.0 Å². The van der Waals surface area contributed by atoms with Crippen LogP contribution in [0.5, 0.6) is 0 Å². The second-order valence-electron chi connectivity index (χ2n) is 6.59. The lowest BCUT2D eigenvalue weighted by Gasteiger charge is -2.24. The first kappa shape index (κ1) is 16.1. The molecule has 0 saturated carbocycles. The van der Waals surface area contributed by atoms with Crippen molar-refractivity contribution in [2.45, 2.75) is 39.5 Å². The van der Waals surface area contributed by atoms with E-state index in [4.69, 9.17) is 0 Å². The summed E-state index contributed by atoms with van der Waals surface area (Å²) in [6.45, 7) is 7.57. The van der Waals surface area contributed by atoms with Gasteiger partial charge >= 0.3 is 0 Å². The third kappa shape index (κ3) is 3.02. The number of benzene rings is 1. The molecule has 0 aromatic heterocycles. The van der Waals surface area contributed by atoms with Gasteiger partial charge < -0.3 is 4.90 Å². The maximum atomic E-state index is 12.8. The SMILES string of the molecule is CCN(CC)CC1CCC2=C(CC1)C(=O)c1ccccc1C2=O. The Morgan fingerprint density at radius 2 is 1.39 bits per heavy atom. The van der Waals surface area contributed by atoms with Crippen LogP contribution >= 0.6 is 0 Å². The maximum Gasteiger partial charge on any atom is 0.190 e. The van der Waals surface area contributed by atoms with Gasteiger partial charge in [0.2, 0.25) is 0 Å². The number of carbonyl (C=O) groups excluding carboxylic acids is 2. The molecule has 0 spiro atoms. The molecule has 0 unspecified atom stereocenters. The Morgan fingerprint density at radius 1 is 0.913 bits per heavy atom. The third-order valence-electron chi connectivity index (χ3n) is 5.34. The van der Waals surface area contributed by atoms with Crippen molar-refractivity contribution >= 4 is 11.6 Å². The van der Waals surface area contributed by atoms with Crippen LogP contribution in [-0.2, 0) is 0 Å². The summed E-state index contributed by atoms with van der Waals surface area (Å²) in [5, 5.41) is 0. The van der Waals surface area contributed by atoms with Crippen LogP contribution in [0.2, 0.25) is 0 Å². The van der Waals surface area contributed by atoms with E-state index in [1.807, 2.05) is 12.1 Å². The summed E-state index contributed by atoms with van der Waals surface area (Å²) >= 11 is 0. The van der Waals surface area contributed by atoms with Crippen molar-refractivity contribution in [3.05, 3.63) is 46.5 Å². The van der Waals surface area contributed by atoms with Crippen molar-refractivity contribution in [3.8, 4) is 0 Å². The Kier molecular flexibility index (Phi) is 4.76. The standard InChI is InChI=1S/C20H25NO2/c1-3-21(4-2)13-14-9-11-17-18(12-10-14)20(23)16-8-6-5-7-15(16)19(17)22/h5-8,14H,3-4,9-13H2,1-2H3. The topological polar surface area (TPSA) is 37.4 Å². The zero-order valence-corrected chi connectivity index (χ0v) is 14.1. The van der Waals surface area contributed by atoms with Crippen LogP contribution in [0.4, 0.5) is 0 Å². The zero-order valence-electron chi connectivity index (χ0n) is 14.1. The van der Waals surface area contributed by atoms with Gasteiger partial charge in [0.05, 0.1) is 0 Å². The highest BCUT2D eigenvalue weighted by Crippen LogP contribution is 2.36. The van der Waals surface area contributed by atoms with E-state index in [1.165, 1.54) is 0 Å². The molecule has 3 rings (SSSR count). The predicted octanol–water partition coefficient (Wildman–Crippen LogP) is 3.89. The quantitative estimate of drug-likeness (QED) is 0.846. The first-order valence-corrected chi connectivity index (χ1v) is 8.78. The summed E-state index contributed by atoms with van der Waals surface area (Å²) in [6, 6.07) is 7.26. The Labute approximate surface area is 138 Å². The van der Waals surface area contributed by atoms with Gasteiger partial charge in [0.1, 0.15) is 0 Å². The maximum absolute atomic E-state index is 12.8. The number of hydrogen-bond acceptors (Lipinski definition) is 3. The second kappa shape index (κ2) is 6.79. The van der Waals surface area contributed by atoms with E-state index in [2.05, 4.69) is 18.7 Å². The van der Waals surface area contributed by atoms with E-state index >= 15 is 0 Å². The molecular weight excluding hydrogens is 286 g/mol. The van der Waals surface area contributed by atoms with Crippen molar-refractivity contribution in [3.63, 3.8) is 0 Å². The van der Waals surface area contributed by atoms with Gasteiger partial charge in [-0.25, -0.2) is 0 Å². The molecule has 3 nitrogen and oxygen atoms in total. The molecule has 0 aliphatic heterocycles. The molecule has 0 bridgehead atoms. The Morgan fingerprint density at radius 3 is 1.83 bits per heavy atom. The molecule has 122 valence electrons. The smallest absolute Gasteiger partial charge is 0.190 e. The lowest BCUT2D eigenvalue weighted by Crippen LogP contribution is -2.29. The third-order valence-corrected chi connectivity index (χ3v) is 5.34. The molecule has 0 N–H and O–H groups in total. The summed E-state index contributed by atoms with van der Waals surface area (Å²) in [6.07, 6.45) is 3.52. The van der Waals surface area contributed by atoms with Gasteiger partial charge in [0, 0.05) is 28.8 Å². The fourth-order valence-corrected chi connectivity index (χ4v) is 3.88. The molecule has 0 radical (unpaired) electrons. The normalized spacial score (nSPS) is 18.9. The van der Waals surface area contributed by atoms with Crippen LogP contribution in [0.1, 0.15) is 60.2 Å². The van der Waals surface area contributed by atoms with E-state index in [0.717, 1.165) is 56.5 Å². The number of hydrogen-bond donors (Lipinski definition) is 0. The molecule has 1 aromatic carbocycles. The van der Waals surface area contributed by atoms with E-state index < -0.39 is 0 Å². The number of fused-ring (bicyclic) bond motifs is 1. The number of carbonyl (C=O) groups is 2. The van der Waals surface area contributed by atoms with Gasteiger partial charge in [-0.2, -0.15) is 0 Å². The monoisotopic (exact) mass is 311 g/mol. The second-order valence-corrected chi connectivity index (χ2v) is 6.59. The van der Waals surface area contributed by atoms with Crippen LogP contribution in [0, 0.1) is 5.92 Å². The first-order valence-electron chi connectivity index (χ1n) is 8.78. The zero-order chi connectivity index (χ0) is 16.4. The van der Waals surface area contributed by atoms with Crippen molar-refractivity contribution in [2.75, 3.05) is 19.6 Å². The minimum absolute atomic E-state index is 0.0821. The molecule has 0 heterocycles. The van der Waals surface area contributed by atoms with Crippen molar-refractivity contribution in [1.29, 1.82) is 0 Å². The number of ketones is 2. The Bertz CT molecular complexity index is 606. The lowest BCUT2D eigenvalue weighted by atomic mass is 9.82. The molecule has 0 fully saturated rings. The fraction of sp³-hybridized carbons (Fsp3) is 0.500. The summed E-state index contributed by atoms with van der Waals surface area (Å²) in [5.41, 5.74) is 2.77. The summed E-state index contributed by atoms with van der Waals surface area (Å²) in [4.78, 5) is 28.0. The van der Waals surface area contributed by atoms with Crippen LogP contribution in [0.3, 0.4) is 0 Å². The molecule has 23 heavy (non-hydrogen) atoms. The first-order chi connectivity index (χ1) is 11.2. The number of nitrogens with zero attached hydrogens (tertiary/aromatic N) is 1. The lowest BCUT2D eigenvalue weighted by molar-refractivity contribution is 0.0970. The molecule has 2 aliphatic carbocycles. The Hall–Kier alpha value is -1.74. The number of allylic oxidation sites excluding steroid dienone is 2. The van der Waals surface area contributed by atoms with Crippen molar-refractivity contribution < 1.29 is 9.59 Å². The average Bonchev–Trinajstić information content (AvgIpc) is 2.80. The van der Waals surface area contributed by atoms with Crippen LogP contribution in [-0.4, -0.2) is 36.1 Å². The van der Waals surface area contributed by atoms with Crippen LogP contribution < -0.4 is 0 Å². The summed E-state index contributed by atoms with van der Waals surface area (Å²) < 4.78 is 0. The fourth-order valence-electron chi connectivity index (χ4n) is 3.88. The van der Waals surface area contributed by atoms with E-state index in [-0.39, 0.29) is 11.6 Å². The predicted molar refractivity (Wildman–Crippen MR) is 91.9 cm³/mol. The minimum atomic E-state index is 0.0821. The number of Topliss-reactive ketones (excluding diaryl/α,β-unsaturated/α-hetero) is 2. The highest BCUT2D eigenvalue weighted by molar-refractivity contribution is 6.26.